The van der Waals surface area contributed by atoms with Gasteiger partial charge >= 0.3 is 0 Å². The smallest absolute Gasteiger partial charge is 0.220 e. The average molecular weight is 386 g/mol. The highest BCUT2D eigenvalue weighted by molar-refractivity contribution is 5.76. The molecule has 0 spiro atoms. The molecule has 1 aromatic heterocycles. The highest BCUT2D eigenvalue weighted by atomic mass is 16.5. The molecular weight excluding hydrogens is 354 g/mol. The van der Waals surface area contributed by atoms with E-state index in [0.717, 1.165) is 35.9 Å². The number of benzene rings is 1. The molecular formula is C22H31N3O3. The fourth-order valence-electron chi connectivity index (χ4n) is 3.91. The molecule has 1 atom stereocenters. The highest BCUT2D eigenvalue weighted by Crippen LogP contribution is 2.26. The van der Waals surface area contributed by atoms with Crippen LogP contribution in [0.4, 0.5) is 0 Å². The van der Waals surface area contributed by atoms with Crippen LogP contribution in [0.2, 0.25) is 0 Å². The van der Waals surface area contributed by atoms with Gasteiger partial charge in [-0.25, -0.2) is 0 Å². The Bertz CT molecular complexity index is 744. The molecule has 1 fully saturated rings. The number of ether oxygens (including phenoxy) is 1. The van der Waals surface area contributed by atoms with Crippen molar-refractivity contribution in [1.29, 1.82) is 0 Å². The second kappa shape index (κ2) is 9.73. The molecule has 1 saturated heterocycles. The Kier molecular flexibility index (Phi) is 7.09. The first-order valence-electron chi connectivity index (χ1n) is 10.1. The molecule has 6 nitrogen and oxygen atoms in total. The van der Waals surface area contributed by atoms with Crippen molar-refractivity contribution in [2.24, 2.45) is 0 Å². The maximum Gasteiger partial charge on any atom is 0.220 e. The highest BCUT2D eigenvalue weighted by Gasteiger charge is 2.23. The summed E-state index contributed by atoms with van der Waals surface area (Å²) in [5.74, 6) is 1.72. The molecule has 1 aliphatic heterocycles. The molecule has 1 aromatic carbocycles. The van der Waals surface area contributed by atoms with Crippen LogP contribution in [0, 0.1) is 13.8 Å². The van der Waals surface area contributed by atoms with Crippen molar-refractivity contribution in [2.45, 2.75) is 52.0 Å². The molecule has 0 saturated carbocycles. The lowest BCUT2D eigenvalue weighted by Crippen LogP contribution is -2.40. The van der Waals surface area contributed by atoms with Gasteiger partial charge in [-0.2, -0.15) is 0 Å². The van der Waals surface area contributed by atoms with E-state index in [0.29, 0.717) is 19.4 Å². The van der Waals surface area contributed by atoms with E-state index >= 15 is 0 Å². The van der Waals surface area contributed by atoms with Gasteiger partial charge < -0.3 is 14.6 Å². The lowest BCUT2D eigenvalue weighted by atomic mass is 10.0. The first kappa shape index (κ1) is 20.4. The molecule has 28 heavy (non-hydrogen) atoms. The van der Waals surface area contributed by atoms with Crippen molar-refractivity contribution in [3.63, 3.8) is 0 Å². The average Bonchev–Trinajstić information content (AvgIpc) is 3.05. The van der Waals surface area contributed by atoms with E-state index in [4.69, 9.17) is 9.26 Å². The van der Waals surface area contributed by atoms with Gasteiger partial charge in [-0.15, -0.1) is 0 Å². The Balaban J connectivity index is 1.61. The molecule has 2 heterocycles. The number of piperidine rings is 1. The van der Waals surface area contributed by atoms with Crippen LogP contribution < -0.4 is 10.1 Å². The zero-order valence-electron chi connectivity index (χ0n) is 17.2. The van der Waals surface area contributed by atoms with Gasteiger partial charge in [0.25, 0.3) is 0 Å². The van der Waals surface area contributed by atoms with Crippen LogP contribution in [-0.2, 0) is 11.2 Å². The van der Waals surface area contributed by atoms with E-state index in [9.17, 15) is 4.79 Å². The van der Waals surface area contributed by atoms with Crippen molar-refractivity contribution in [2.75, 3.05) is 26.7 Å². The quantitative estimate of drug-likeness (QED) is 0.752. The number of amides is 1. The minimum absolute atomic E-state index is 0.0653. The Morgan fingerprint density at radius 2 is 1.93 bits per heavy atom. The third-order valence-corrected chi connectivity index (χ3v) is 5.61. The molecule has 2 aromatic rings. The predicted octanol–water partition coefficient (Wildman–Crippen LogP) is 3.58. The fourth-order valence-corrected chi connectivity index (χ4v) is 3.91. The Hall–Kier alpha value is -2.34. The maximum atomic E-state index is 12.5. The standard InChI is InChI=1S/C22H31N3O3/c1-16-20(17(2)28-24-16)11-12-22(26)23-15-21(25-13-5-4-6-14-25)18-7-9-19(27-3)10-8-18/h7-10,21H,4-6,11-15H2,1-3H3,(H,23,26)/t21-/m1/s1. The number of carbonyl (C=O) groups is 1. The molecule has 152 valence electrons. The van der Waals surface area contributed by atoms with E-state index in [-0.39, 0.29) is 11.9 Å². The molecule has 1 aliphatic rings. The summed E-state index contributed by atoms with van der Waals surface area (Å²) in [4.78, 5) is 15.0. The number of likely N-dealkylation sites (tertiary alicyclic amines) is 1. The molecule has 6 heteroatoms. The molecule has 1 N–H and O–H groups in total. The van der Waals surface area contributed by atoms with Crippen LogP contribution in [0.3, 0.4) is 0 Å². The van der Waals surface area contributed by atoms with Gasteiger partial charge in [0.2, 0.25) is 5.91 Å². The second-order valence-corrected chi connectivity index (χ2v) is 7.49. The van der Waals surface area contributed by atoms with E-state index in [1.807, 2.05) is 26.0 Å². The van der Waals surface area contributed by atoms with Crippen LogP contribution in [-0.4, -0.2) is 42.7 Å². The predicted molar refractivity (Wildman–Crippen MR) is 108 cm³/mol. The van der Waals surface area contributed by atoms with Crippen LogP contribution in [0.5, 0.6) is 5.75 Å². The maximum absolute atomic E-state index is 12.5. The minimum Gasteiger partial charge on any atom is -0.497 e. The van der Waals surface area contributed by atoms with E-state index in [2.05, 4.69) is 27.5 Å². The molecule has 3 rings (SSSR count). The zero-order valence-corrected chi connectivity index (χ0v) is 17.2. The molecule has 0 unspecified atom stereocenters. The SMILES string of the molecule is COc1ccc([C@@H](CNC(=O)CCc2c(C)noc2C)N2CCCCC2)cc1. The summed E-state index contributed by atoms with van der Waals surface area (Å²) in [5.41, 5.74) is 3.13. The van der Waals surface area contributed by atoms with Gasteiger partial charge in [0.15, 0.2) is 0 Å². The summed E-state index contributed by atoms with van der Waals surface area (Å²) in [6.45, 7) is 6.58. The van der Waals surface area contributed by atoms with Crippen molar-refractivity contribution < 1.29 is 14.1 Å². The number of carbonyl (C=O) groups excluding carboxylic acids is 1. The Morgan fingerprint density at radius 3 is 2.54 bits per heavy atom. The van der Waals surface area contributed by atoms with Crippen LogP contribution in [0.1, 0.15) is 54.3 Å². The van der Waals surface area contributed by atoms with Gasteiger partial charge in [0.1, 0.15) is 11.5 Å². The Morgan fingerprint density at radius 1 is 1.21 bits per heavy atom. The van der Waals surface area contributed by atoms with Crippen molar-refractivity contribution in [3.05, 3.63) is 46.8 Å². The number of hydrogen-bond acceptors (Lipinski definition) is 5. The lowest BCUT2D eigenvalue weighted by Gasteiger charge is -2.35. The summed E-state index contributed by atoms with van der Waals surface area (Å²) in [6, 6.07) is 8.38. The number of nitrogens with one attached hydrogen (secondary N) is 1. The number of aryl methyl sites for hydroxylation is 2. The topological polar surface area (TPSA) is 67.6 Å². The normalized spacial score (nSPS) is 16.0. The summed E-state index contributed by atoms with van der Waals surface area (Å²) >= 11 is 0. The summed E-state index contributed by atoms with van der Waals surface area (Å²) in [7, 11) is 1.68. The van der Waals surface area contributed by atoms with Crippen LogP contribution >= 0.6 is 0 Å². The summed E-state index contributed by atoms with van der Waals surface area (Å²) < 4.78 is 10.5. The molecule has 0 aliphatic carbocycles. The number of aromatic nitrogens is 1. The Labute approximate surface area is 167 Å². The summed E-state index contributed by atoms with van der Waals surface area (Å²) in [6.07, 6.45) is 4.82. The van der Waals surface area contributed by atoms with E-state index < -0.39 is 0 Å². The van der Waals surface area contributed by atoms with Crippen molar-refractivity contribution in [3.8, 4) is 5.75 Å². The summed E-state index contributed by atoms with van der Waals surface area (Å²) in [5, 5.41) is 7.11. The van der Waals surface area contributed by atoms with Gasteiger partial charge in [-0.3, -0.25) is 9.69 Å². The largest absolute Gasteiger partial charge is 0.497 e. The van der Waals surface area contributed by atoms with Gasteiger partial charge in [-0.05, 0) is 63.9 Å². The number of methoxy groups -OCH3 is 1. The number of rotatable bonds is 8. The fraction of sp³-hybridized carbons (Fsp3) is 0.545. The molecule has 1 amide bonds. The van der Waals surface area contributed by atoms with Crippen LogP contribution in [0.15, 0.2) is 28.8 Å². The molecule has 0 bridgehead atoms. The van der Waals surface area contributed by atoms with Gasteiger partial charge in [0, 0.05) is 18.5 Å². The number of nitrogens with zero attached hydrogens (tertiary/aromatic N) is 2. The zero-order chi connectivity index (χ0) is 19.9. The van der Waals surface area contributed by atoms with Gasteiger partial charge in [0.05, 0.1) is 18.8 Å². The van der Waals surface area contributed by atoms with Crippen molar-refractivity contribution in [1.82, 2.24) is 15.4 Å². The second-order valence-electron chi connectivity index (χ2n) is 7.49. The first-order valence-corrected chi connectivity index (χ1v) is 10.1. The first-order chi connectivity index (χ1) is 13.6. The van der Waals surface area contributed by atoms with Gasteiger partial charge in [-0.1, -0.05) is 23.7 Å². The third-order valence-electron chi connectivity index (χ3n) is 5.61. The molecule has 0 radical (unpaired) electrons. The number of hydrogen-bond donors (Lipinski definition) is 1. The van der Waals surface area contributed by atoms with Crippen LogP contribution in [0.25, 0.3) is 0 Å². The van der Waals surface area contributed by atoms with Crippen molar-refractivity contribution >= 4 is 5.91 Å². The minimum atomic E-state index is 0.0653. The monoisotopic (exact) mass is 385 g/mol. The lowest BCUT2D eigenvalue weighted by molar-refractivity contribution is -0.121. The van der Waals surface area contributed by atoms with E-state index in [1.165, 1.54) is 24.8 Å². The third kappa shape index (κ3) is 5.13. The van der Waals surface area contributed by atoms with E-state index in [1.54, 1.807) is 7.11 Å².